The van der Waals surface area contributed by atoms with Crippen LogP contribution in [0.3, 0.4) is 0 Å². The zero-order chi connectivity index (χ0) is 15.1. The molecule has 4 rings (SSSR count). The maximum atomic E-state index is 12.7. The Kier molecular flexibility index (Phi) is 3.26. The van der Waals surface area contributed by atoms with E-state index in [4.69, 9.17) is 0 Å². The summed E-state index contributed by atoms with van der Waals surface area (Å²) in [5, 5.41) is 0.715. The van der Waals surface area contributed by atoms with Crippen molar-refractivity contribution in [1.82, 2.24) is 9.55 Å². The fraction of sp³-hybridized carbons (Fsp3) is 0.312. The first-order valence-electron chi connectivity index (χ1n) is 7.32. The van der Waals surface area contributed by atoms with E-state index in [-0.39, 0.29) is 17.5 Å². The van der Waals surface area contributed by atoms with E-state index in [0.29, 0.717) is 11.6 Å². The normalized spacial score (nSPS) is 19.1. The van der Waals surface area contributed by atoms with Crippen LogP contribution in [0, 0.1) is 0 Å². The molecule has 1 unspecified atom stereocenters. The lowest BCUT2D eigenvalue weighted by Gasteiger charge is -2.20. The van der Waals surface area contributed by atoms with E-state index in [1.165, 1.54) is 17.8 Å². The molecule has 0 aliphatic carbocycles. The highest BCUT2D eigenvalue weighted by Crippen LogP contribution is 2.34. The van der Waals surface area contributed by atoms with Crippen LogP contribution in [0.15, 0.2) is 46.5 Å². The second kappa shape index (κ2) is 5.28. The molecule has 6 heteroatoms. The fourth-order valence-corrected chi connectivity index (χ4v) is 4.27. The molecular formula is C16H15N3O2S. The van der Waals surface area contributed by atoms with Crippen LogP contribution in [-0.4, -0.2) is 27.8 Å². The van der Waals surface area contributed by atoms with Gasteiger partial charge in [-0.25, -0.2) is 4.98 Å². The largest absolute Gasteiger partial charge is 0.312 e. The van der Waals surface area contributed by atoms with Gasteiger partial charge in [-0.3, -0.25) is 14.2 Å². The summed E-state index contributed by atoms with van der Waals surface area (Å²) >= 11 is 1.54. The topological polar surface area (TPSA) is 55.2 Å². The van der Waals surface area contributed by atoms with Gasteiger partial charge in [-0.05, 0) is 18.1 Å². The second-order valence-corrected chi connectivity index (χ2v) is 6.52. The Hall–Kier alpha value is -2.08. The third-order valence-electron chi connectivity index (χ3n) is 4.21. The molecule has 112 valence electrons. The third kappa shape index (κ3) is 2.14. The molecule has 1 atom stereocenters. The van der Waals surface area contributed by atoms with Gasteiger partial charge < -0.3 is 4.90 Å². The van der Waals surface area contributed by atoms with Gasteiger partial charge in [0.15, 0.2) is 5.16 Å². The molecule has 0 saturated carbocycles. The first-order chi connectivity index (χ1) is 10.7. The number of para-hydroxylation sites is 1. The highest BCUT2D eigenvalue weighted by atomic mass is 32.2. The molecule has 0 saturated heterocycles. The van der Waals surface area contributed by atoms with Crippen molar-refractivity contribution in [2.24, 2.45) is 0 Å². The summed E-state index contributed by atoms with van der Waals surface area (Å²) in [7, 11) is 0. The molecule has 1 aromatic carbocycles. The molecule has 0 spiro atoms. The van der Waals surface area contributed by atoms with Gasteiger partial charge in [-0.15, -0.1) is 0 Å². The number of hydrogen-bond donors (Lipinski definition) is 0. The van der Waals surface area contributed by atoms with Crippen LogP contribution < -0.4 is 10.5 Å². The minimum Gasteiger partial charge on any atom is -0.312 e. The molecule has 5 nitrogen and oxygen atoms in total. The predicted molar refractivity (Wildman–Crippen MR) is 85.4 cm³/mol. The van der Waals surface area contributed by atoms with Crippen molar-refractivity contribution in [3.8, 4) is 0 Å². The Labute approximate surface area is 132 Å². The van der Waals surface area contributed by atoms with Crippen LogP contribution >= 0.6 is 11.8 Å². The third-order valence-corrected chi connectivity index (χ3v) is 5.33. The van der Waals surface area contributed by atoms with Crippen molar-refractivity contribution < 1.29 is 4.79 Å². The zero-order valence-electron chi connectivity index (χ0n) is 11.9. The van der Waals surface area contributed by atoms with Crippen molar-refractivity contribution in [2.75, 3.05) is 17.2 Å². The average Bonchev–Trinajstić information content (AvgIpc) is 3.12. The number of benzene rings is 1. The van der Waals surface area contributed by atoms with Crippen LogP contribution in [0.4, 0.5) is 5.69 Å². The lowest BCUT2D eigenvalue weighted by molar-refractivity contribution is -0.119. The Morgan fingerprint density at radius 3 is 3.09 bits per heavy atom. The van der Waals surface area contributed by atoms with Gasteiger partial charge in [0.25, 0.3) is 5.56 Å². The first-order valence-corrected chi connectivity index (χ1v) is 8.31. The molecule has 3 heterocycles. The van der Waals surface area contributed by atoms with Gasteiger partial charge in [0.05, 0.1) is 6.04 Å². The highest BCUT2D eigenvalue weighted by molar-refractivity contribution is 7.99. The van der Waals surface area contributed by atoms with Crippen LogP contribution in [0.1, 0.15) is 18.0 Å². The summed E-state index contributed by atoms with van der Waals surface area (Å²) in [4.78, 5) is 30.7. The standard InChI is InChI=1S/C16H15N3O2S/c20-14-5-7-17-16-19(14)12(10-22-16)9-15(21)18-8-6-11-3-1-2-4-13(11)18/h1-5,7,12H,6,8-10H2. The van der Waals surface area contributed by atoms with E-state index < -0.39 is 0 Å². The van der Waals surface area contributed by atoms with Crippen LogP contribution in [0.5, 0.6) is 0 Å². The molecule has 0 radical (unpaired) electrons. The maximum Gasteiger partial charge on any atom is 0.254 e. The molecule has 1 amide bonds. The van der Waals surface area contributed by atoms with Crippen molar-refractivity contribution in [3.05, 3.63) is 52.4 Å². The monoisotopic (exact) mass is 313 g/mol. The molecule has 2 aliphatic rings. The van der Waals surface area contributed by atoms with Crippen LogP contribution in [0.2, 0.25) is 0 Å². The van der Waals surface area contributed by atoms with Crippen molar-refractivity contribution in [3.63, 3.8) is 0 Å². The van der Waals surface area contributed by atoms with E-state index >= 15 is 0 Å². The zero-order valence-corrected chi connectivity index (χ0v) is 12.8. The highest BCUT2D eigenvalue weighted by Gasteiger charge is 2.31. The van der Waals surface area contributed by atoms with Crippen LogP contribution in [0.25, 0.3) is 0 Å². The molecule has 0 fully saturated rings. The van der Waals surface area contributed by atoms with Crippen LogP contribution in [-0.2, 0) is 11.2 Å². The SMILES string of the molecule is O=C(CC1CSc2nccc(=O)n21)N1CCc2ccccc21. The molecule has 2 aromatic rings. The molecular weight excluding hydrogens is 298 g/mol. The van der Waals surface area contributed by atoms with E-state index in [2.05, 4.69) is 11.1 Å². The van der Waals surface area contributed by atoms with Crippen molar-refractivity contribution in [2.45, 2.75) is 24.0 Å². The smallest absolute Gasteiger partial charge is 0.254 e. The minimum absolute atomic E-state index is 0.0744. The number of hydrogen-bond acceptors (Lipinski definition) is 4. The Morgan fingerprint density at radius 2 is 2.18 bits per heavy atom. The van der Waals surface area contributed by atoms with Gasteiger partial charge in [0, 0.05) is 36.7 Å². The van der Waals surface area contributed by atoms with Gasteiger partial charge in [-0.1, -0.05) is 30.0 Å². The van der Waals surface area contributed by atoms with Crippen molar-refractivity contribution >= 4 is 23.4 Å². The minimum atomic E-state index is -0.0959. The Bertz CT molecular complexity index is 802. The molecule has 0 bridgehead atoms. The lowest BCUT2D eigenvalue weighted by atomic mass is 10.1. The number of fused-ring (bicyclic) bond motifs is 2. The summed E-state index contributed by atoms with van der Waals surface area (Å²) in [5.74, 6) is 0.812. The van der Waals surface area contributed by atoms with E-state index in [0.717, 1.165) is 24.4 Å². The van der Waals surface area contributed by atoms with E-state index in [9.17, 15) is 9.59 Å². The predicted octanol–water partition coefficient (Wildman–Crippen LogP) is 1.87. The number of anilines is 1. The Balaban J connectivity index is 1.57. The number of aromatic nitrogens is 2. The number of carbonyl (C=O) groups excluding carboxylic acids is 1. The summed E-state index contributed by atoms with van der Waals surface area (Å²) in [6, 6.07) is 9.38. The quantitative estimate of drug-likeness (QED) is 0.794. The van der Waals surface area contributed by atoms with E-state index in [1.807, 2.05) is 23.1 Å². The molecule has 1 aromatic heterocycles. The average molecular weight is 313 g/mol. The first kappa shape index (κ1) is 13.6. The number of rotatable bonds is 2. The lowest BCUT2D eigenvalue weighted by Crippen LogP contribution is -2.33. The molecule has 2 aliphatic heterocycles. The maximum absolute atomic E-state index is 12.7. The van der Waals surface area contributed by atoms with Gasteiger partial charge in [0.1, 0.15) is 0 Å². The summed E-state index contributed by atoms with van der Waals surface area (Å²) in [6.45, 7) is 0.729. The van der Waals surface area contributed by atoms with E-state index in [1.54, 1.807) is 16.3 Å². The van der Waals surface area contributed by atoms with Gasteiger partial charge >= 0.3 is 0 Å². The van der Waals surface area contributed by atoms with Crippen molar-refractivity contribution in [1.29, 1.82) is 0 Å². The molecule has 0 N–H and O–H groups in total. The Morgan fingerprint density at radius 1 is 1.32 bits per heavy atom. The van der Waals surface area contributed by atoms with Gasteiger partial charge in [-0.2, -0.15) is 0 Å². The second-order valence-electron chi connectivity index (χ2n) is 5.53. The summed E-state index contributed by atoms with van der Waals surface area (Å²) in [6.07, 6.45) is 2.78. The number of amides is 1. The number of carbonyl (C=O) groups is 1. The van der Waals surface area contributed by atoms with Gasteiger partial charge in [0.2, 0.25) is 5.91 Å². The number of nitrogens with zero attached hydrogens (tertiary/aromatic N) is 3. The fourth-order valence-electron chi connectivity index (χ4n) is 3.15. The number of thioether (sulfide) groups is 1. The summed E-state index contributed by atoms with van der Waals surface area (Å²) < 4.78 is 1.66. The molecule has 22 heavy (non-hydrogen) atoms. The summed E-state index contributed by atoms with van der Waals surface area (Å²) in [5.41, 5.74) is 2.16.